The monoisotopic (exact) mass is 368 g/mol. The van der Waals surface area contributed by atoms with Crippen LogP contribution in [-0.2, 0) is 0 Å². The molecule has 2 N–H and O–H groups in total. The number of urea groups is 1. The van der Waals surface area contributed by atoms with Crippen molar-refractivity contribution in [3.05, 3.63) is 54.5 Å². The molecule has 2 aromatic rings. The SMILES string of the molecule is O=C(NCC(c1ccco1)N1CCCC1)N1CCC(Nc2ccccc2)C1. The van der Waals surface area contributed by atoms with Gasteiger partial charge in [0.25, 0.3) is 0 Å². The first-order valence-corrected chi connectivity index (χ1v) is 9.91. The van der Waals surface area contributed by atoms with E-state index in [2.05, 4.69) is 27.7 Å². The van der Waals surface area contributed by atoms with Crippen molar-refractivity contribution in [1.82, 2.24) is 15.1 Å². The minimum atomic E-state index is 0.0168. The van der Waals surface area contributed by atoms with Gasteiger partial charge in [-0.15, -0.1) is 0 Å². The van der Waals surface area contributed by atoms with Crippen molar-refractivity contribution in [1.29, 1.82) is 0 Å². The van der Waals surface area contributed by atoms with Gasteiger partial charge < -0.3 is 20.0 Å². The molecule has 0 spiro atoms. The van der Waals surface area contributed by atoms with Crippen LogP contribution in [0.25, 0.3) is 0 Å². The number of hydrogen-bond donors (Lipinski definition) is 2. The number of nitrogens with zero attached hydrogens (tertiary/aromatic N) is 2. The molecule has 2 fully saturated rings. The molecule has 6 nitrogen and oxygen atoms in total. The number of anilines is 1. The second kappa shape index (κ2) is 8.48. The summed E-state index contributed by atoms with van der Waals surface area (Å²) < 4.78 is 5.63. The van der Waals surface area contributed by atoms with Gasteiger partial charge >= 0.3 is 6.03 Å². The van der Waals surface area contributed by atoms with Gasteiger partial charge in [0.2, 0.25) is 0 Å². The minimum Gasteiger partial charge on any atom is -0.468 e. The third kappa shape index (κ3) is 4.45. The normalized spacial score (nSPS) is 21.3. The maximum Gasteiger partial charge on any atom is 0.317 e. The second-order valence-corrected chi connectivity index (χ2v) is 7.40. The molecule has 3 heterocycles. The fourth-order valence-corrected chi connectivity index (χ4v) is 4.07. The average Bonchev–Trinajstić information content (AvgIpc) is 3.46. The highest BCUT2D eigenvalue weighted by Gasteiger charge is 2.29. The van der Waals surface area contributed by atoms with Crippen molar-refractivity contribution in [2.75, 3.05) is 38.0 Å². The van der Waals surface area contributed by atoms with Gasteiger partial charge in [-0.25, -0.2) is 4.79 Å². The zero-order valence-electron chi connectivity index (χ0n) is 15.6. The Hall–Kier alpha value is -2.47. The van der Waals surface area contributed by atoms with Gasteiger partial charge in [-0.05, 0) is 56.6 Å². The van der Waals surface area contributed by atoms with Gasteiger partial charge in [0.1, 0.15) is 5.76 Å². The molecule has 0 radical (unpaired) electrons. The van der Waals surface area contributed by atoms with Crippen molar-refractivity contribution in [2.24, 2.45) is 0 Å². The number of para-hydroxylation sites is 1. The van der Waals surface area contributed by atoms with Gasteiger partial charge in [-0.1, -0.05) is 18.2 Å². The molecule has 4 rings (SSSR count). The quantitative estimate of drug-likeness (QED) is 0.821. The summed E-state index contributed by atoms with van der Waals surface area (Å²) in [4.78, 5) is 17.0. The Morgan fingerprint density at radius 2 is 1.93 bits per heavy atom. The zero-order chi connectivity index (χ0) is 18.5. The van der Waals surface area contributed by atoms with Gasteiger partial charge in [0, 0.05) is 31.4 Å². The number of amides is 2. The molecule has 1 aromatic heterocycles. The molecule has 1 aromatic carbocycles. The smallest absolute Gasteiger partial charge is 0.317 e. The minimum absolute atomic E-state index is 0.0168. The summed E-state index contributed by atoms with van der Waals surface area (Å²) in [6.45, 7) is 4.23. The first kappa shape index (κ1) is 17.9. The van der Waals surface area contributed by atoms with E-state index < -0.39 is 0 Å². The van der Waals surface area contributed by atoms with Gasteiger partial charge in [-0.3, -0.25) is 4.90 Å². The maximum atomic E-state index is 12.7. The van der Waals surface area contributed by atoms with E-state index in [4.69, 9.17) is 4.42 Å². The van der Waals surface area contributed by atoms with Crippen molar-refractivity contribution < 1.29 is 9.21 Å². The Kier molecular flexibility index (Phi) is 5.63. The first-order chi connectivity index (χ1) is 13.3. The van der Waals surface area contributed by atoms with Crippen LogP contribution in [0.1, 0.15) is 31.1 Å². The highest BCUT2D eigenvalue weighted by molar-refractivity contribution is 5.74. The third-order valence-electron chi connectivity index (χ3n) is 5.52. The highest BCUT2D eigenvalue weighted by atomic mass is 16.3. The Morgan fingerprint density at radius 3 is 2.67 bits per heavy atom. The van der Waals surface area contributed by atoms with Crippen LogP contribution in [0, 0.1) is 0 Å². The molecule has 0 bridgehead atoms. The van der Waals surface area contributed by atoms with Crippen molar-refractivity contribution in [3.63, 3.8) is 0 Å². The average molecular weight is 368 g/mol. The molecule has 144 valence electrons. The van der Waals surface area contributed by atoms with E-state index >= 15 is 0 Å². The largest absolute Gasteiger partial charge is 0.468 e. The Labute approximate surface area is 160 Å². The Bertz CT molecular complexity index is 713. The van der Waals surface area contributed by atoms with Crippen LogP contribution in [0.15, 0.2) is 53.1 Å². The second-order valence-electron chi connectivity index (χ2n) is 7.40. The number of carbonyl (C=O) groups is 1. The molecular weight excluding hydrogens is 340 g/mol. The van der Waals surface area contributed by atoms with E-state index in [1.807, 2.05) is 35.2 Å². The topological polar surface area (TPSA) is 60.8 Å². The van der Waals surface area contributed by atoms with E-state index in [0.29, 0.717) is 12.6 Å². The van der Waals surface area contributed by atoms with Crippen molar-refractivity contribution in [3.8, 4) is 0 Å². The summed E-state index contributed by atoms with van der Waals surface area (Å²) in [5, 5.41) is 6.64. The number of carbonyl (C=O) groups excluding carboxylic acids is 1. The van der Waals surface area contributed by atoms with Gasteiger partial charge in [0.05, 0.1) is 12.3 Å². The van der Waals surface area contributed by atoms with Crippen LogP contribution in [0.4, 0.5) is 10.5 Å². The van der Waals surface area contributed by atoms with Crippen LogP contribution in [-0.4, -0.2) is 54.6 Å². The Balaban J connectivity index is 1.29. The number of furan rings is 1. The molecular formula is C21H28N4O2. The number of nitrogens with one attached hydrogen (secondary N) is 2. The molecule has 2 aliphatic heterocycles. The van der Waals surface area contributed by atoms with Crippen LogP contribution in [0.3, 0.4) is 0 Å². The summed E-state index contributed by atoms with van der Waals surface area (Å²) >= 11 is 0. The molecule has 0 aliphatic carbocycles. The molecule has 2 saturated heterocycles. The van der Waals surface area contributed by atoms with Crippen molar-refractivity contribution in [2.45, 2.75) is 31.3 Å². The van der Waals surface area contributed by atoms with Crippen LogP contribution in [0.2, 0.25) is 0 Å². The predicted octanol–water partition coefficient (Wildman–Crippen LogP) is 3.31. The summed E-state index contributed by atoms with van der Waals surface area (Å²) in [6, 6.07) is 14.5. The summed E-state index contributed by atoms with van der Waals surface area (Å²) in [7, 11) is 0. The summed E-state index contributed by atoms with van der Waals surface area (Å²) in [6.07, 6.45) is 5.10. The first-order valence-electron chi connectivity index (χ1n) is 9.91. The zero-order valence-corrected chi connectivity index (χ0v) is 15.6. The van der Waals surface area contributed by atoms with Crippen LogP contribution < -0.4 is 10.6 Å². The molecule has 2 unspecified atom stereocenters. The number of likely N-dealkylation sites (tertiary alicyclic amines) is 2. The van der Waals surface area contributed by atoms with E-state index in [9.17, 15) is 4.79 Å². The number of benzene rings is 1. The van der Waals surface area contributed by atoms with E-state index in [1.165, 1.54) is 12.8 Å². The third-order valence-corrected chi connectivity index (χ3v) is 5.52. The maximum absolute atomic E-state index is 12.7. The lowest BCUT2D eigenvalue weighted by Crippen LogP contribution is -2.43. The highest BCUT2D eigenvalue weighted by Crippen LogP contribution is 2.25. The van der Waals surface area contributed by atoms with Gasteiger partial charge in [0.15, 0.2) is 0 Å². The lowest BCUT2D eigenvalue weighted by molar-refractivity contribution is 0.188. The summed E-state index contributed by atoms with van der Waals surface area (Å²) in [5.74, 6) is 0.933. The summed E-state index contributed by atoms with van der Waals surface area (Å²) in [5.41, 5.74) is 1.11. The van der Waals surface area contributed by atoms with Gasteiger partial charge in [-0.2, -0.15) is 0 Å². The van der Waals surface area contributed by atoms with E-state index in [-0.39, 0.29) is 12.1 Å². The Morgan fingerprint density at radius 1 is 1.11 bits per heavy atom. The molecule has 6 heteroatoms. The van der Waals surface area contributed by atoms with E-state index in [0.717, 1.165) is 44.0 Å². The molecule has 0 saturated carbocycles. The molecule has 27 heavy (non-hydrogen) atoms. The molecule has 2 aliphatic rings. The number of hydrogen-bond acceptors (Lipinski definition) is 4. The van der Waals surface area contributed by atoms with Crippen LogP contribution >= 0.6 is 0 Å². The molecule has 2 atom stereocenters. The van der Waals surface area contributed by atoms with E-state index in [1.54, 1.807) is 6.26 Å². The fraction of sp³-hybridized carbons (Fsp3) is 0.476. The van der Waals surface area contributed by atoms with Crippen molar-refractivity contribution >= 4 is 11.7 Å². The number of rotatable bonds is 6. The predicted molar refractivity (Wildman–Crippen MR) is 106 cm³/mol. The lowest BCUT2D eigenvalue weighted by Gasteiger charge is -2.27. The standard InChI is InChI=1S/C21H28N4O2/c26-21(25-13-10-18(16-25)23-17-7-2-1-3-8-17)22-15-19(20-9-6-14-27-20)24-11-4-5-12-24/h1-3,6-9,14,18-19,23H,4-5,10-13,15-16H2,(H,22,26). The molecule has 2 amide bonds. The van der Waals surface area contributed by atoms with Crippen LogP contribution in [0.5, 0.6) is 0 Å². The lowest BCUT2D eigenvalue weighted by atomic mass is 10.2. The fourth-order valence-electron chi connectivity index (χ4n) is 4.07.